The third kappa shape index (κ3) is 4.86. The zero-order chi connectivity index (χ0) is 23.4. The number of imidazole rings is 1. The zero-order valence-corrected chi connectivity index (χ0v) is 19.6. The molecule has 0 spiro atoms. The summed E-state index contributed by atoms with van der Waals surface area (Å²) in [6, 6.07) is 10.0. The quantitative estimate of drug-likeness (QED) is 0.472. The fourth-order valence-electron chi connectivity index (χ4n) is 4.68. The lowest BCUT2D eigenvalue weighted by atomic mass is 9.90. The summed E-state index contributed by atoms with van der Waals surface area (Å²) < 4.78 is 2.14. The molecule has 2 unspecified atom stereocenters. The Morgan fingerprint density at radius 1 is 1.24 bits per heavy atom. The van der Waals surface area contributed by atoms with E-state index >= 15 is 0 Å². The third-order valence-corrected chi connectivity index (χ3v) is 6.38. The van der Waals surface area contributed by atoms with E-state index in [2.05, 4.69) is 58.2 Å². The van der Waals surface area contributed by atoms with E-state index in [4.69, 9.17) is 4.98 Å². The van der Waals surface area contributed by atoms with Gasteiger partial charge in [-0.1, -0.05) is 24.8 Å². The fraction of sp³-hybridized carbons (Fsp3) is 0.333. The highest BCUT2D eigenvalue weighted by atomic mass is 16.1. The molecule has 2 atom stereocenters. The first kappa shape index (κ1) is 22.8. The van der Waals surface area contributed by atoms with Crippen molar-refractivity contribution in [1.29, 1.82) is 0 Å². The van der Waals surface area contributed by atoms with Crippen molar-refractivity contribution in [2.24, 2.45) is 4.99 Å². The molecule has 6 nitrogen and oxygen atoms in total. The molecule has 170 valence electrons. The molecule has 0 aromatic carbocycles. The molecule has 0 N–H and O–H groups in total. The molecule has 0 radical (unpaired) electrons. The summed E-state index contributed by atoms with van der Waals surface area (Å²) >= 11 is 0. The van der Waals surface area contributed by atoms with Crippen LogP contribution in [0.1, 0.15) is 60.9 Å². The smallest absolute Gasteiger partial charge is 0.137 e. The van der Waals surface area contributed by atoms with Gasteiger partial charge in [-0.15, -0.1) is 0 Å². The number of carbonyl (C=O) groups excluding carboxylic acids is 1. The molecule has 3 aromatic heterocycles. The summed E-state index contributed by atoms with van der Waals surface area (Å²) in [4.78, 5) is 28.9. The number of hydrogen-bond acceptors (Lipinski definition) is 5. The van der Waals surface area contributed by atoms with Crippen LogP contribution in [0.4, 0.5) is 0 Å². The van der Waals surface area contributed by atoms with E-state index in [1.165, 1.54) is 0 Å². The molecule has 1 aliphatic rings. The van der Waals surface area contributed by atoms with Gasteiger partial charge in [-0.2, -0.15) is 0 Å². The zero-order valence-electron chi connectivity index (χ0n) is 19.6. The van der Waals surface area contributed by atoms with Gasteiger partial charge in [0.2, 0.25) is 0 Å². The number of ketones is 1. The van der Waals surface area contributed by atoms with Crippen LogP contribution in [-0.2, 0) is 11.2 Å². The van der Waals surface area contributed by atoms with Gasteiger partial charge in [0.05, 0.1) is 23.5 Å². The van der Waals surface area contributed by atoms with Crippen molar-refractivity contribution in [3.8, 4) is 0 Å². The molecular formula is C27H31N5O. The lowest BCUT2D eigenvalue weighted by Crippen LogP contribution is -2.37. The highest BCUT2D eigenvalue weighted by Gasteiger charge is 2.36. The first-order valence-electron chi connectivity index (χ1n) is 11.4. The van der Waals surface area contributed by atoms with Crippen LogP contribution in [-0.4, -0.2) is 37.8 Å². The third-order valence-electron chi connectivity index (χ3n) is 6.38. The minimum Gasteiger partial charge on any atom is -0.304 e. The van der Waals surface area contributed by atoms with Crippen LogP contribution in [0, 0.1) is 6.92 Å². The molecule has 4 heterocycles. The highest BCUT2D eigenvalue weighted by Crippen LogP contribution is 2.38. The summed E-state index contributed by atoms with van der Waals surface area (Å²) in [6.45, 7) is 7.76. The van der Waals surface area contributed by atoms with Crippen LogP contribution >= 0.6 is 0 Å². The first-order chi connectivity index (χ1) is 16.0. The number of Topliss-reactive ketones (excluding diaryl/α,β-unsaturated/α-hetero) is 1. The number of aliphatic imine (C=N–C) groups is 1. The molecule has 6 heteroatoms. The van der Waals surface area contributed by atoms with E-state index in [-0.39, 0.29) is 17.9 Å². The molecule has 1 fully saturated rings. The average molecular weight is 442 g/mol. The molecule has 0 amide bonds. The number of hydrogen-bond donors (Lipinski definition) is 0. The Kier molecular flexibility index (Phi) is 6.94. The van der Waals surface area contributed by atoms with Gasteiger partial charge in [-0.3, -0.25) is 19.7 Å². The Hall–Kier alpha value is -3.38. The maximum atomic E-state index is 12.8. The summed E-state index contributed by atoms with van der Waals surface area (Å²) in [6.07, 6.45) is 12.1. The van der Waals surface area contributed by atoms with E-state index in [1.54, 1.807) is 12.4 Å². The normalized spacial score (nSPS) is 20.1. The number of aromatic nitrogens is 3. The van der Waals surface area contributed by atoms with E-state index in [1.807, 2.05) is 37.3 Å². The van der Waals surface area contributed by atoms with E-state index in [9.17, 15) is 4.79 Å². The number of piperidine rings is 1. The SMILES string of the molecule is C=C/N=C(\C=C/C)CCc1cccc2nc(C3CC(=O)CC(c4ncccc4C)N3C)cn12. The van der Waals surface area contributed by atoms with Gasteiger partial charge in [0.25, 0.3) is 0 Å². The molecule has 0 bridgehead atoms. The molecule has 1 aliphatic heterocycles. The van der Waals surface area contributed by atoms with Gasteiger partial charge < -0.3 is 4.40 Å². The average Bonchev–Trinajstić information content (AvgIpc) is 3.24. The number of pyridine rings is 2. The maximum absolute atomic E-state index is 12.8. The summed E-state index contributed by atoms with van der Waals surface area (Å²) in [5, 5.41) is 0. The van der Waals surface area contributed by atoms with Gasteiger partial charge in [0.15, 0.2) is 0 Å². The number of allylic oxidation sites excluding steroid dienone is 2. The van der Waals surface area contributed by atoms with Crippen LogP contribution in [0.15, 0.2) is 72.6 Å². The Balaban J connectivity index is 1.63. The fourth-order valence-corrected chi connectivity index (χ4v) is 4.68. The van der Waals surface area contributed by atoms with Crippen LogP contribution in [0.2, 0.25) is 0 Å². The molecule has 0 saturated carbocycles. The predicted octanol–water partition coefficient (Wildman–Crippen LogP) is 5.21. The first-order valence-corrected chi connectivity index (χ1v) is 11.4. The minimum atomic E-state index is -0.0775. The number of likely N-dealkylation sites (tertiary alicyclic amines) is 1. The van der Waals surface area contributed by atoms with Gasteiger partial charge in [-0.25, -0.2) is 4.98 Å². The van der Waals surface area contributed by atoms with E-state index in [0.29, 0.717) is 12.8 Å². The van der Waals surface area contributed by atoms with Crippen molar-refractivity contribution in [2.75, 3.05) is 7.05 Å². The van der Waals surface area contributed by atoms with E-state index < -0.39 is 0 Å². The van der Waals surface area contributed by atoms with E-state index in [0.717, 1.165) is 46.8 Å². The van der Waals surface area contributed by atoms with Crippen molar-refractivity contribution < 1.29 is 4.79 Å². The monoisotopic (exact) mass is 441 g/mol. The molecule has 3 aromatic rings. The number of nitrogens with zero attached hydrogens (tertiary/aromatic N) is 5. The van der Waals surface area contributed by atoms with Crippen molar-refractivity contribution in [2.45, 2.75) is 51.6 Å². The largest absolute Gasteiger partial charge is 0.304 e. The Morgan fingerprint density at radius 3 is 2.82 bits per heavy atom. The van der Waals surface area contributed by atoms with Crippen LogP contribution < -0.4 is 0 Å². The number of carbonyl (C=O) groups is 1. The number of rotatable bonds is 7. The van der Waals surface area contributed by atoms with Gasteiger partial charge >= 0.3 is 0 Å². The van der Waals surface area contributed by atoms with Crippen LogP contribution in [0.5, 0.6) is 0 Å². The second kappa shape index (κ2) is 10.0. The predicted molar refractivity (Wildman–Crippen MR) is 132 cm³/mol. The highest BCUT2D eigenvalue weighted by molar-refractivity contribution is 5.95. The van der Waals surface area contributed by atoms with Crippen molar-refractivity contribution >= 4 is 17.1 Å². The van der Waals surface area contributed by atoms with Crippen LogP contribution in [0.25, 0.3) is 5.65 Å². The molecule has 1 saturated heterocycles. The Bertz CT molecular complexity index is 1220. The summed E-state index contributed by atoms with van der Waals surface area (Å²) in [7, 11) is 2.08. The minimum absolute atomic E-state index is 0.0414. The number of fused-ring (bicyclic) bond motifs is 1. The summed E-state index contributed by atoms with van der Waals surface area (Å²) in [5.74, 6) is 0.252. The Morgan fingerprint density at radius 2 is 2.06 bits per heavy atom. The van der Waals surface area contributed by atoms with Crippen molar-refractivity contribution in [3.05, 3.63) is 90.3 Å². The number of aryl methyl sites for hydroxylation is 2. The topological polar surface area (TPSA) is 62.9 Å². The summed E-state index contributed by atoms with van der Waals surface area (Å²) in [5.41, 5.74) is 6.06. The van der Waals surface area contributed by atoms with Gasteiger partial charge in [-0.05, 0) is 63.6 Å². The van der Waals surface area contributed by atoms with Gasteiger partial charge in [0.1, 0.15) is 11.4 Å². The Labute approximate surface area is 195 Å². The molecule has 0 aliphatic carbocycles. The van der Waals surface area contributed by atoms with Gasteiger partial charge in [0, 0.05) is 42.8 Å². The standard InChI is InChI=1S/C27H31N5O/c1-5-9-20(28-6-2)13-14-21-11-7-12-26-30-23(18-32(21)26)24-16-22(33)17-25(31(24)4)27-19(3)10-8-15-29-27/h5-12,15,18,24-25H,2,13-14,16-17H2,1,3-4H3/b9-5-,28-20+. The van der Waals surface area contributed by atoms with Crippen LogP contribution in [0.3, 0.4) is 0 Å². The second-order valence-electron chi connectivity index (χ2n) is 8.56. The molecule has 33 heavy (non-hydrogen) atoms. The molecule has 4 rings (SSSR count). The lowest BCUT2D eigenvalue weighted by molar-refractivity contribution is -0.125. The van der Waals surface area contributed by atoms with Crippen molar-refractivity contribution in [1.82, 2.24) is 19.3 Å². The maximum Gasteiger partial charge on any atom is 0.137 e. The molecular weight excluding hydrogens is 410 g/mol. The lowest BCUT2D eigenvalue weighted by Gasteiger charge is -2.38. The van der Waals surface area contributed by atoms with Crippen molar-refractivity contribution in [3.63, 3.8) is 0 Å². The second-order valence-corrected chi connectivity index (χ2v) is 8.56.